The van der Waals surface area contributed by atoms with Crippen LogP contribution in [-0.4, -0.2) is 29.4 Å². The standard InChI is InChI=1S/C15H24N2O2/c1-3-9-17(13-6-4-12(16)5-7-13)15(18)14-8-10-19-11(14)2/h8,10,12-13H,3-7,9,16H2,1-2H3. The normalized spacial score (nSPS) is 23.3. The second-order valence-electron chi connectivity index (χ2n) is 5.46. The molecule has 0 aromatic carbocycles. The number of carbonyl (C=O) groups is 1. The van der Waals surface area contributed by atoms with Gasteiger partial charge in [-0.2, -0.15) is 0 Å². The van der Waals surface area contributed by atoms with Crippen LogP contribution in [0.15, 0.2) is 16.7 Å². The number of rotatable bonds is 4. The minimum absolute atomic E-state index is 0.105. The molecule has 1 fully saturated rings. The van der Waals surface area contributed by atoms with Gasteiger partial charge in [0, 0.05) is 18.6 Å². The molecule has 2 N–H and O–H groups in total. The van der Waals surface area contributed by atoms with E-state index in [0.717, 1.165) is 38.6 Å². The lowest BCUT2D eigenvalue weighted by molar-refractivity contribution is 0.0625. The van der Waals surface area contributed by atoms with Crippen LogP contribution in [0.3, 0.4) is 0 Å². The monoisotopic (exact) mass is 264 g/mol. The number of nitrogens with two attached hydrogens (primary N) is 1. The van der Waals surface area contributed by atoms with Gasteiger partial charge in [-0.25, -0.2) is 0 Å². The van der Waals surface area contributed by atoms with Gasteiger partial charge in [0.25, 0.3) is 5.91 Å². The van der Waals surface area contributed by atoms with Crippen molar-refractivity contribution >= 4 is 5.91 Å². The minimum Gasteiger partial charge on any atom is -0.469 e. The first kappa shape index (κ1) is 14.1. The Labute approximate surface area is 114 Å². The van der Waals surface area contributed by atoms with E-state index in [4.69, 9.17) is 10.2 Å². The van der Waals surface area contributed by atoms with Crippen molar-refractivity contribution in [3.05, 3.63) is 23.7 Å². The van der Waals surface area contributed by atoms with Gasteiger partial charge in [0.05, 0.1) is 11.8 Å². The largest absolute Gasteiger partial charge is 0.469 e. The van der Waals surface area contributed by atoms with E-state index in [1.807, 2.05) is 11.8 Å². The third kappa shape index (κ3) is 3.18. The summed E-state index contributed by atoms with van der Waals surface area (Å²) in [7, 11) is 0. The van der Waals surface area contributed by atoms with Crippen LogP contribution in [0.1, 0.15) is 55.1 Å². The Morgan fingerprint density at radius 1 is 1.42 bits per heavy atom. The van der Waals surface area contributed by atoms with Gasteiger partial charge in [-0.1, -0.05) is 6.92 Å². The third-order valence-corrected chi connectivity index (χ3v) is 4.00. The van der Waals surface area contributed by atoms with Crippen LogP contribution in [0.5, 0.6) is 0 Å². The van der Waals surface area contributed by atoms with Gasteiger partial charge in [-0.05, 0) is 45.1 Å². The van der Waals surface area contributed by atoms with E-state index < -0.39 is 0 Å². The molecule has 0 saturated heterocycles. The summed E-state index contributed by atoms with van der Waals surface area (Å²) in [6.45, 7) is 4.76. The fraction of sp³-hybridized carbons (Fsp3) is 0.667. The number of aryl methyl sites for hydroxylation is 1. The molecule has 0 spiro atoms. The average Bonchev–Trinajstić information content (AvgIpc) is 2.83. The second kappa shape index (κ2) is 6.24. The van der Waals surface area contributed by atoms with Gasteiger partial charge >= 0.3 is 0 Å². The number of amides is 1. The molecular weight excluding hydrogens is 240 g/mol. The number of furan rings is 1. The molecule has 0 unspecified atom stereocenters. The van der Waals surface area contributed by atoms with Crippen molar-refractivity contribution in [1.29, 1.82) is 0 Å². The zero-order chi connectivity index (χ0) is 13.8. The predicted molar refractivity (Wildman–Crippen MR) is 75.0 cm³/mol. The van der Waals surface area contributed by atoms with Gasteiger partial charge < -0.3 is 15.1 Å². The first-order chi connectivity index (χ1) is 9.13. The summed E-state index contributed by atoms with van der Waals surface area (Å²) < 4.78 is 5.25. The highest BCUT2D eigenvalue weighted by atomic mass is 16.3. The number of carbonyl (C=O) groups excluding carboxylic acids is 1. The Bertz CT molecular complexity index is 420. The van der Waals surface area contributed by atoms with E-state index in [9.17, 15) is 4.79 Å². The van der Waals surface area contributed by atoms with Gasteiger partial charge in [0.15, 0.2) is 0 Å². The summed E-state index contributed by atoms with van der Waals surface area (Å²) in [5.74, 6) is 0.812. The highest BCUT2D eigenvalue weighted by Crippen LogP contribution is 2.24. The fourth-order valence-electron chi connectivity index (χ4n) is 2.87. The van der Waals surface area contributed by atoms with E-state index in [1.54, 1.807) is 12.3 Å². The molecule has 1 amide bonds. The number of nitrogens with zero attached hydrogens (tertiary/aromatic N) is 1. The van der Waals surface area contributed by atoms with Crippen LogP contribution in [0.2, 0.25) is 0 Å². The van der Waals surface area contributed by atoms with Crippen LogP contribution in [-0.2, 0) is 0 Å². The van der Waals surface area contributed by atoms with Crippen LogP contribution < -0.4 is 5.73 Å². The van der Waals surface area contributed by atoms with Crippen molar-refractivity contribution in [3.63, 3.8) is 0 Å². The zero-order valence-corrected chi connectivity index (χ0v) is 11.9. The maximum atomic E-state index is 12.6. The highest BCUT2D eigenvalue weighted by molar-refractivity contribution is 5.95. The molecule has 1 aliphatic rings. The lowest BCUT2D eigenvalue weighted by atomic mass is 9.90. The summed E-state index contributed by atoms with van der Waals surface area (Å²) in [5, 5.41) is 0. The van der Waals surface area contributed by atoms with E-state index in [1.165, 1.54) is 0 Å². The van der Waals surface area contributed by atoms with Crippen LogP contribution in [0.4, 0.5) is 0 Å². The Balaban J connectivity index is 2.11. The molecule has 1 saturated carbocycles. The van der Waals surface area contributed by atoms with E-state index >= 15 is 0 Å². The number of hydrogen-bond donors (Lipinski definition) is 1. The molecule has 0 atom stereocenters. The maximum absolute atomic E-state index is 12.6. The second-order valence-corrected chi connectivity index (χ2v) is 5.46. The molecule has 1 aliphatic carbocycles. The van der Waals surface area contributed by atoms with Gasteiger partial charge in [0.2, 0.25) is 0 Å². The minimum atomic E-state index is 0.105. The zero-order valence-electron chi connectivity index (χ0n) is 11.9. The van der Waals surface area contributed by atoms with Crippen LogP contribution in [0.25, 0.3) is 0 Å². The molecule has 1 aromatic heterocycles. The molecule has 4 heteroatoms. The van der Waals surface area contributed by atoms with Crippen molar-refractivity contribution in [1.82, 2.24) is 4.90 Å². The Kier molecular flexibility index (Phi) is 4.64. The predicted octanol–water partition coefficient (Wildman–Crippen LogP) is 2.71. The van der Waals surface area contributed by atoms with Crippen LogP contribution in [0, 0.1) is 6.92 Å². The van der Waals surface area contributed by atoms with Gasteiger partial charge in [-0.3, -0.25) is 4.79 Å². The summed E-state index contributed by atoms with van der Waals surface area (Å²) in [4.78, 5) is 14.6. The molecule has 4 nitrogen and oxygen atoms in total. The first-order valence-electron chi connectivity index (χ1n) is 7.24. The topological polar surface area (TPSA) is 59.5 Å². The SMILES string of the molecule is CCCN(C(=O)c1ccoc1C)C1CCC(N)CC1. The van der Waals surface area contributed by atoms with Gasteiger partial charge in [0.1, 0.15) is 5.76 Å². The summed E-state index contributed by atoms with van der Waals surface area (Å²) >= 11 is 0. The molecule has 0 aliphatic heterocycles. The Morgan fingerprint density at radius 3 is 2.63 bits per heavy atom. The van der Waals surface area contributed by atoms with Crippen molar-refractivity contribution in [2.75, 3.05) is 6.54 Å². The molecular formula is C15H24N2O2. The highest BCUT2D eigenvalue weighted by Gasteiger charge is 2.28. The summed E-state index contributed by atoms with van der Waals surface area (Å²) in [6, 6.07) is 2.42. The molecule has 106 valence electrons. The van der Waals surface area contributed by atoms with Crippen molar-refractivity contribution < 1.29 is 9.21 Å². The molecule has 19 heavy (non-hydrogen) atoms. The quantitative estimate of drug-likeness (QED) is 0.909. The Morgan fingerprint density at radius 2 is 2.11 bits per heavy atom. The third-order valence-electron chi connectivity index (χ3n) is 4.00. The summed E-state index contributed by atoms with van der Waals surface area (Å²) in [5.41, 5.74) is 6.64. The van der Waals surface area contributed by atoms with E-state index in [0.29, 0.717) is 23.4 Å². The van der Waals surface area contributed by atoms with Crippen molar-refractivity contribution in [3.8, 4) is 0 Å². The van der Waals surface area contributed by atoms with Crippen molar-refractivity contribution in [2.24, 2.45) is 5.73 Å². The molecule has 1 aromatic rings. The maximum Gasteiger partial charge on any atom is 0.257 e. The fourth-order valence-corrected chi connectivity index (χ4v) is 2.87. The lowest BCUT2D eigenvalue weighted by Gasteiger charge is -2.36. The van der Waals surface area contributed by atoms with E-state index in [-0.39, 0.29) is 5.91 Å². The Hall–Kier alpha value is -1.29. The molecule has 1 heterocycles. The van der Waals surface area contributed by atoms with Crippen LogP contribution >= 0.6 is 0 Å². The average molecular weight is 264 g/mol. The lowest BCUT2D eigenvalue weighted by Crippen LogP contribution is -2.44. The molecule has 0 bridgehead atoms. The smallest absolute Gasteiger partial charge is 0.257 e. The molecule has 0 radical (unpaired) electrons. The van der Waals surface area contributed by atoms with E-state index in [2.05, 4.69) is 6.92 Å². The number of hydrogen-bond acceptors (Lipinski definition) is 3. The first-order valence-corrected chi connectivity index (χ1v) is 7.24. The van der Waals surface area contributed by atoms with Gasteiger partial charge in [-0.15, -0.1) is 0 Å². The summed E-state index contributed by atoms with van der Waals surface area (Å²) in [6.07, 6.45) is 6.63. The van der Waals surface area contributed by atoms with Crippen molar-refractivity contribution in [2.45, 2.75) is 58.0 Å². The molecule has 2 rings (SSSR count).